The summed E-state index contributed by atoms with van der Waals surface area (Å²) in [6, 6.07) is 0. The van der Waals surface area contributed by atoms with Crippen LogP contribution in [0.5, 0.6) is 0 Å². The van der Waals surface area contributed by atoms with Crippen LogP contribution < -0.4 is 5.69 Å². The van der Waals surface area contributed by atoms with Crippen molar-refractivity contribution in [1.82, 2.24) is 14.5 Å². The Labute approximate surface area is 94.3 Å². The van der Waals surface area contributed by atoms with Gasteiger partial charge in [-0.3, -0.25) is 9.55 Å². The van der Waals surface area contributed by atoms with Crippen LogP contribution >= 0.6 is 0 Å². The van der Waals surface area contributed by atoms with Gasteiger partial charge in [-0.25, -0.2) is 4.79 Å². The van der Waals surface area contributed by atoms with Crippen LogP contribution in [0.15, 0.2) is 4.79 Å². The van der Waals surface area contributed by atoms with E-state index in [9.17, 15) is 4.79 Å². The number of aromatic nitrogens is 3. The van der Waals surface area contributed by atoms with E-state index in [4.69, 9.17) is 0 Å². The lowest BCUT2D eigenvalue weighted by Crippen LogP contribution is -2.12. The smallest absolute Gasteiger partial charge is 0.304 e. The van der Waals surface area contributed by atoms with Crippen molar-refractivity contribution in [2.45, 2.75) is 33.6 Å². The van der Waals surface area contributed by atoms with Gasteiger partial charge in [-0.2, -0.15) is 0 Å². The summed E-state index contributed by atoms with van der Waals surface area (Å²) in [6.45, 7) is 6.17. The first-order valence-electron chi connectivity index (χ1n) is 5.67. The van der Waals surface area contributed by atoms with Crippen LogP contribution in [0.2, 0.25) is 0 Å². The Bertz CT molecular complexity index is 592. The van der Waals surface area contributed by atoms with Gasteiger partial charge in [0.25, 0.3) is 0 Å². The molecule has 0 aliphatic heterocycles. The van der Waals surface area contributed by atoms with Gasteiger partial charge in [-0.05, 0) is 25.3 Å². The molecule has 0 fully saturated rings. The molecule has 2 aromatic rings. The van der Waals surface area contributed by atoms with Crippen molar-refractivity contribution in [2.24, 2.45) is 7.05 Å². The quantitative estimate of drug-likeness (QED) is 0.835. The third kappa shape index (κ3) is 1.37. The lowest BCUT2D eigenvalue weighted by molar-refractivity contribution is 0.884. The Balaban J connectivity index is 2.97. The maximum absolute atomic E-state index is 11.6. The standard InChI is InChI=1S/C12H17N3O/c1-5-8-7(3)11-10(9(6-2)13-8)14-12(16)15(11)4/h5-6H2,1-4H3,(H,14,16). The van der Waals surface area contributed by atoms with Gasteiger partial charge in [-0.1, -0.05) is 13.8 Å². The van der Waals surface area contributed by atoms with Gasteiger partial charge in [0.15, 0.2) is 0 Å². The molecule has 0 spiro atoms. The van der Waals surface area contributed by atoms with E-state index in [1.54, 1.807) is 11.6 Å². The molecule has 1 N–H and O–H groups in total. The largest absolute Gasteiger partial charge is 0.326 e. The summed E-state index contributed by atoms with van der Waals surface area (Å²) in [6.07, 6.45) is 1.73. The molecular formula is C12H17N3O. The Morgan fingerprint density at radius 3 is 2.44 bits per heavy atom. The predicted octanol–water partition coefficient (Wildman–Crippen LogP) is 1.69. The van der Waals surface area contributed by atoms with E-state index in [0.717, 1.165) is 40.8 Å². The molecule has 2 aromatic heterocycles. The highest BCUT2D eigenvalue weighted by atomic mass is 16.1. The second-order valence-corrected chi connectivity index (χ2v) is 4.05. The summed E-state index contributed by atoms with van der Waals surface area (Å²) in [5.74, 6) is 0. The number of nitrogens with zero attached hydrogens (tertiary/aromatic N) is 2. The topological polar surface area (TPSA) is 50.7 Å². The first-order valence-corrected chi connectivity index (χ1v) is 5.67. The van der Waals surface area contributed by atoms with Crippen molar-refractivity contribution in [1.29, 1.82) is 0 Å². The van der Waals surface area contributed by atoms with E-state index >= 15 is 0 Å². The van der Waals surface area contributed by atoms with Crippen molar-refractivity contribution >= 4 is 11.0 Å². The van der Waals surface area contributed by atoms with Crippen molar-refractivity contribution in [3.63, 3.8) is 0 Å². The number of hydrogen-bond donors (Lipinski definition) is 1. The molecule has 0 aliphatic carbocycles. The summed E-state index contributed by atoms with van der Waals surface area (Å²) in [5.41, 5.74) is 4.99. The van der Waals surface area contributed by atoms with Gasteiger partial charge < -0.3 is 4.98 Å². The third-order valence-electron chi connectivity index (χ3n) is 3.13. The number of aryl methyl sites for hydroxylation is 4. The highest BCUT2D eigenvalue weighted by Crippen LogP contribution is 2.21. The molecular weight excluding hydrogens is 202 g/mol. The van der Waals surface area contributed by atoms with Crippen LogP contribution in [0, 0.1) is 6.92 Å². The maximum atomic E-state index is 11.6. The van der Waals surface area contributed by atoms with Crippen LogP contribution in [0.25, 0.3) is 11.0 Å². The lowest BCUT2D eigenvalue weighted by atomic mass is 10.1. The number of hydrogen-bond acceptors (Lipinski definition) is 2. The molecule has 2 heterocycles. The molecule has 0 saturated carbocycles. The normalized spacial score (nSPS) is 11.2. The number of imidazole rings is 1. The van der Waals surface area contributed by atoms with E-state index in [1.165, 1.54) is 0 Å². The fourth-order valence-electron chi connectivity index (χ4n) is 2.21. The molecule has 0 radical (unpaired) electrons. The van der Waals surface area contributed by atoms with Crippen LogP contribution in [0.1, 0.15) is 30.8 Å². The van der Waals surface area contributed by atoms with Gasteiger partial charge >= 0.3 is 5.69 Å². The molecule has 0 aliphatic rings. The molecule has 0 amide bonds. The van der Waals surface area contributed by atoms with Gasteiger partial charge in [-0.15, -0.1) is 0 Å². The molecule has 0 aromatic carbocycles. The molecule has 4 nitrogen and oxygen atoms in total. The summed E-state index contributed by atoms with van der Waals surface area (Å²) >= 11 is 0. The average molecular weight is 219 g/mol. The zero-order valence-corrected chi connectivity index (χ0v) is 10.2. The molecule has 0 saturated heterocycles. The predicted molar refractivity (Wildman–Crippen MR) is 64.8 cm³/mol. The highest BCUT2D eigenvalue weighted by molar-refractivity contribution is 5.81. The van der Waals surface area contributed by atoms with Gasteiger partial charge in [0.05, 0.1) is 16.7 Å². The fraction of sp³-hybridized carbons (Fsp3) is 0.500. The van der Waals surface area contributed by atoms with Crippen LogP contribution in [-0.4, -0.2) is 14.5 Å². The van der Waals surface area contributed by atoms with Crippen molar-refractivity contribution in [3.8, 4) is 0 Å². The van der Waals surface area contributed by atoms with Gasteiger partial charge in [0.1, 0.15) is 0 Å². The summed E-state index contributed by atoms with van der Waals surface area (Å²) in [5, 5.41) is 0. The van der Waals surface area contributed by atoms with E-state index in [1.807, 2.05) is 6.92 Å². The van der Waals surface area contributed by atoms with Crippen LogP contribution in [-0.2, 0) is 19.9 Å². The lowest BCUT2D eigenvalue weighted by Gasteiger charge is -2.08. The Hall–Kier alpha value is -1.58. The fourth-order valence-corrected chi connectivity index (χ4v) is 2.21. The van der Waals surface area contributed by atoms with E-state index in [-0.39, 0.29) is 5.69 Å². The molecule has 86 valence electrons. The van der Waals surface area contributed by atoms with Crippen molar-refractivity contribution in [3.05, 3.63) is 27.4 Å². The maximum Gasteiger partial charge on any atom is 0.326 e. The molecule has 0 bridgehead atoms. The Kier molecular flexibility index (Phi) is 2.58. The number of nitrogens with one attached hydrogen (secondary N) is 1. The first-order chi connectivity index (χ1) is 7.60. The summed E-state index contributed by atoms with van der Waals surface area (Å²) in [7, 11) is 1.80. The summed E-state index contributed by atoms with van der Waals surface area (Å²) in [4.78, 5) is 19.1. The zero-order valence-electron chi connectivity index (χ0n) is 10.2. The molecule has 4 heteroatoms. The number of rotatable bonds is 2. The number of aromatic amines is 1. The second-order valence-electron chi connectivity index (χ2n) is 4.05. The SMILES string of the molecule is CCc1nc(CC)c2[nH]c(=O)n(C)c2c1C. The minimum atomic E-state index is -0.0668. The highest BCUT2D eigenvalue weighted by Gasteiger charge is 2.13. The van der Waals surface area contributed by atoms with Crippen LogP contribution in [0.4, 0.5) is 0 Å². The summed E-state index contributed by atoms with van der Waals surface area (Å²) < 4.78 is 1.67. The number of fused-ring (bicyclic) bond motifs is 1. The Morgan fingerprint density at radius 2 is 1.88 bits per heavy atom. The van der Waals surface area contributed by atoms with Crippen molar-refractivity contribution < 1.29 is 0 Å². The van der Waals surface area contributed by atoms with E-state index < -0.39 is 0 Å². The minimum Gasteiger partial charge on any atom is -0.304 e. The first kappa shape index (κ1) is 10.9. The molecule has 0 unspecified atom stereocenters. The number of H-pyrrole nitrogens is 1. The van der Waals surface area contributed by atoms with Gasteiger partial charge in [0.2, 0.25) is 0 Å². The average Bonchev–Trinajstić information content (AvgIpc) is 2.57. The zero-order chi connectivity index (χ0) is 11.9. The molecule has 2 rings (SSSR count). The van der Waals surface area contributed by atoms with Crippen LogP contribution in [0.3, 0.4) is 0 Å². The third-order valence-corrected chi connectivity index (χ3v) is 3.13. The second kappa shape index (κ2) is 3.77. The van der Waals surface area contributed by atoms with Crippen molar-refractivity contribution in [2.75, 3.05) is 0 Å². The van der Waals surface area contributed by atoms with E-state index in [2.05, 4.69) is 23.8 Å². The molecule has 0 atom stereocenters. The number of pyridine rings is 1. The monoisotopic (exact) mass is 219 g/mol. The van der Waals surface area contributed by atoms with E-state index in [0.29, 0.717) is 0 Å². The van der Waals surface area contributed by atoms with Gasteiger partial charge in [0, 0.05) is 12.7 Å². The minimum absolute atomic E-state index is 0.0668. The molecule has 16 heavy (non-hydrogen) atoms. The Morgan fingerprint density at radius 1 is 1.25 bits per heavy atom.